The summed E-state index contributed by atoms with van der Waals surface area (Å²) in [5.41, 5.74) is 4.91. The Morgan fingerprint density at radius 3 is 2.46 bits per heavy atom. The number of nitrogens with two attached hydrogens (primary N) is 1. The third kappa shape index (κ3) is 4.85. The average Bonchev–Trinajstić information content (AvgIpc) is 2.05. The molecule has 0 aliphatic carbocycles. The Hall–Kier alpha value is -0.610. The van der Waals surface area contributed by atoms with E-state index in [4.69, 9.17) is 10.5 Å². The molecule has 0 aromatic rings. The minimum atomic E-state index is -0.311. The molecule has 0 rings (SSSR count). The molecule has 0 bridgehead atoms. The van der Waals surface area contributed by atoms with Gasteiger partial charge in [-0.15, -0.1) is 0 Å². The van der Waals surface area contributed by atoms with Crippen molar-refractivity contribution in [2.75, 3.05) is 13.7 Å². The van der Waals surface area contributed by atoms with Crippen molar-refractivity contribution in [1.82, 2.24) is 5.32 Å². The smallest absolute Gasteiger partial charge is 0.234 e. The second-order valence-electron chi connectivity index (χ2n) is 3.71. The number of nitrogens with one attached hydrogen (secondary N) is 1. The zero-order chi connectivity index (χ0) is 10.5. The molecule has 0 spiro atoms. The molecule has 4 nitrogen and oxygen atoms in total. The van der Waals surface area contributed by atoms with Crippen molar-refractivity contribution in [3.8, 4) is 0 Å². The molecule has 78 valence electrons. The molecular weight excluding hydrogens is 168 g/mol. The number of hydrogen-bond acceptors (Lipinski definition) is 3. The number of carbonyl (C=O) groups excluding carboxylic acids is 1. The molecule has 13 heavy (non-hydrogen) atoms. The van der Waals surface area contributed by atoms with Crippen LogP contribution in [0.4, 0.5) is 0 Å². The van der Waals surface area contributed by atoms with E-state index >= 15 is 0 Å². The van der Waals surface area contributed by atoms with Crippen LogP contribution in [0.25, 0.3) is 0 Å². The number of carbonyl (C=O) groups is 1. The molecule has 0 fully saturated rings. The van der Waals surface area contributed by atoms with Crippen LogP contribution in [0.1, 0.15) is 27.2 Å². The van der Waals surface area contributed by atoms with Crippen LogP contribution in [0.3, 0.4) is 0 Å². The summed E-state index contributed by atoms with van der Waals surface area (Å²) in [7, 11) is 1.65. The van der Waals surface area contributed by atoms with E-state index in [9.17, 15) is 4.79 Å². The lowest BCUT2D eigenvalue weighted by molar-refractivity contribution is -0.120. The van der Waals surface area contributed by atoms with Gasteiger partial charge in [-0.1, -0.05) is 6.92 Å². The van der Waals surface area contributed by atoms with Crippen molar-refractivity contribution < 1.29 is 9.53 Å². The van der Waals surface area contributed by atoms with Gasteiger partial charge in [0, 0.05) is 13.7 Å². The maximum absolute atomic E-state index is 10.9. The van der Waals surface area contributed by atoms with Crippen LogP contribution >= 0.6 is 0 Å². The molecule has 0 saturated heterocycles. The quantitative estimate of drug-likeness (QED) is 0.628. The molecule has 0 aromatic heterocycles. The lowest BCUT2D eigenvalue weighted by atomic mass is 10.1. The molecule has 3 N–H and O–H groups in total. The average molecular weight is 188 g/mol. The van der Waals surface area contributed by atoms with Gasteiger partial charge in [-0.3, -0.25) is 4.79 Å². The van der Waals surface area contributed by atoms with Crippen LogP contribution in [0, 0.1) is 0 Å². The predicted molar refractivity (Wildman–Crippen MR) is 52.4 cm³/mol. The molecule has 0 heterocycles. The molecule has 0 aromatic carbocycles. The van der Waals surface area contributed by atoms with Gasteiger partial charge in [0.05, 0.1) is 11.6 Å². The highest BCUT2D eigenvalue weighted by Crippen LogP contribution is 2.05. The fourth-order valence-electron chi connectivity index (χ4n) is 0.887. The molecule has 1 unspecified atom stereocenters. The van der Waals surface area contributed by atoms with E-state index < -0.39 is 0 Å². The van der Waals surface area contributed by atoms with Gasteiger partial charge in [-0.2, -0.15) is 0 Å². The van der Waals surface area contributed by atoms with Crippen molar-refractivity contribution >= 4 is 5.91 Å². The first-order valence-corrected chi connectivity index (χ1v) is 4.50. The zero-order valence-electron chi connectivity index (χ0n) is 8.89. The van der Waals surface area contributed by atoms with Crippen LogP contribution in [0.2, 0.25) is 0 Å². The number of methoxy groups -OCH3 is 1. The van der Waals surface area contributed by atoms with E-state index in [2.05, 4.69) is 5.32 Å². The van der Waals surface area contributed by atoms with Crippen LogP contribution in [0.5, 0.6) is 0 Å². The molecule has 1 atom stereocenters. The zero-order valence-corrected chi connectivity index (χ0v) is 8.89. The summed E-state index contributed by atoms with van der Waals surface area (Å²) in [4.78, 5) is 10.9. The third-order valence-corrected chi connectivity index (χ3v) is 2.08. The Morgan fingerprint density at radius 2 is 2.15 bits per heavy atom. The Labute approximate surface area is 79.8 Å². The van der Waals surface area contributed by atoms with Gasteiger partial charge in [0.2, 0.25) is 5.91 Å². The van der Waals surface area contributed by atoms with Gasteiger partial charge in [0.15, 0.2) is 0 Å². The predicted octanol–water partition coefficient (Wildman–Crippen LogP) is 0.265. The maximum Gasteiger partial charge on any atom is 0.234 e. The molecule has 1 amide bonds. The minimum absolute atomic E-state index is 0.255. The standard InChI is InChI=1S/C9H20N2O2/c1-5-7(8(10)12)11-6-9(2,3)13-4/h7,11H,5-6H2,1-4H3,(H2,10,12). The number of amides is 1. The number of primary amides is 1. The fraction of sp³-hybridized carbons (Fsp3) is 0.889. The van der Waals surface area contributed by atoms with Gasteiger partial charge < -0.3 is 15.8 Å². The number of hydrogen-bond donors (Lipinski definition) is 2. The summed E-state index contributed by atoms with van der Waals surface area (Å²) < 4.78 is 5.20. The second-order valence-corrected chi connectivity index (χ2v) is 3.71. The summed E-state index contributed by atoms with van der Waals surface area (Å²) in [5, 5.41) is 3.06. The Morgan fingerprint density at radius 1 is 1.62 bits per heavy atom. The Bertz CT molecular complexity index is 169. The van der Waals surface area contributed by atoms with Gasteiger partial charge >= 0.3 is 0 Å². The molecule has 0 radical (unpaired) electrons. The Balaban J connectivity index is 3.92. The highest BCUT2D eigenvalue weighted by molar-refractivity contribution is 5.79. The summed E-state index contributed by atoms with van der Waals surface area (Å²) in [6, 6.07) is -0.255. The lowest BCUT2D eigenvalue weighted by Gasteiger charge is -2.25. The van der Waals surface area contributed by atoms with Gasteiger partial charge in [0.25, 0.3) is 0 Å². The first-order chi connectivity index (χ1) is 5.93. The Kier molecular flexibility index (Phi) is 4.95. The summed E-state index contributed by atoms with van der Waals surface area (Å²) >= 11 is 0. The third-order valence-electron chi connectivity index (χ3n) is 2.08. The summed E-state index contributed by atoms with van der Waals surface area (Å²) in [6.45, 7) is 6.44. The van der Waals surface area contributed by atoms with Crippen LogP contribution in [-0.4, -0.2) is 31.2 Å². The van der Waals surface area contributed by atoms with Crippen LogP contribution < -0.4 is 11.1 Å². The van der Waals surface area contributed by atoms with Crippen molar-refractivity contribution in [2.45, 2.75) is 38.8 Å². The van der Waals surface area contributed by atoms with Crippen molar-refractivity contribution in [1.29, 1.82) is 0 Å². The largest absolute Gasteiger partial charge is 0.377 e. The first-order valence-electron chi connectivity index (χ1n) is 4.50. The maximum atomic E-state index is 10.9. The molecule has 0 aliphatic rings. The highest BCUT2D eigenvalue weighted by Gasteiger charge is 2.19. The lowest BCUT2D eigenvalue weighted by Crippen LogP contribution is -2.47. The first kappa shape index (κ1) is 12.4. The number of ether oxygens (including phenoxy) is 1. The molecule has 0 aliphatic heterocycles. The normalized spacial score (nSPS) is 14.2. The van der Waals surface area contributed by atoms with E-state index in [1.54, 1.807) is 7.11 Å². The second kappa shape index (κ2) is 5.19. The minimum Gasteiger partial charge on any atom is -0.377 e. The van der Waals surface area contributed by atoms with E-state index in [1.165, 1.54) is 0 Å². The number of rotatable bonds is 6. The topological polar surface area (TPSA) is 64.3 Å². The molecule has 0 saturated carbocycles. The van der Waals surface area contributed by atoms with Gasteiger partial charge in [-0.05, 0) is 20.3 Å². The fourth-order valence-corrected chi connectivity index (χ4v) is 0.887. The van der Waals surface area contributed by atoms with Crippen molar-refractivity contribution in [3.63, 3.8) is 0 Å². The van der Waals surface area contributed by atoms with Gasteiger partial charge in [-0.25, -0.2) is 0 Å². The van der Waals surface area contributed by atoms with Crippen LogP contribution in [-0.2, 0) is 9.53 Å². The highest BCUT2D eigenvalue weighted by atomic mass is 16.5. The molecule has 4 heteroatoms. The van der Waals surface area contributed by atoms with Gasteiger partial charge in [0.1, 0.15) is 0 Å². The molecular formula is C9H20N2O2. The van der Waals surface area contributed by atoms with E-state index in [1.807, 2.05) is 20.8 Å². The van der Waals surface area contributed by atoms with Crippen molar-refractivity contribution in [3.05, 3.63) is 0 Å². The van der Waals surface area contributed by atoms with E-state index in [0.717, 1.165) is 0 Å². The van der Waals surface area contributed by atoms with Crippen LogP contribution in [0.15, 0.2) is 0 Å². The summed E-state index contributed by atoms with van der Waals surface area (Å²) in [5.74, 6) is -0.311. The SMILES string of the molecule is CCC(NCC(C)(C)OC)C(N)=O. The van der Waals surface area contributed by atoms with Crippen molar-refractivity contribution in [2.24, 2.45) is 5.73 Å². The van der Waals surface area contributed by atoms with E-state index in [0.29, 0.717) is 13.0 Å². The monoisotopic (exact) mass is 188 g/mol. The van der Waals surface area contributed by atoms with E-state index in [-0.39, 0.29) is 17.6 Å². The summed E-state index contributed by atoms with van der Waals surface area (Å²) in [6.07, 6.45) is 0.703.